The maximum Gasteiger partial charge on any atom is 0.191 e. The lowest BCUT2D eigenvalue weighted by molar-refractivity contribution is 0.207. The van der Waals surface area contributed by atoms with Crippen LogP contribution in [0.5, 0.6) is 0 Å². The average Bonchev–Trinajstić information content (AvgIpc) is 2.68. The minimum atomic E-state index is -1.67. The molecule has 0 saturated heterocycles. The van der Waals surface area contributed by atoms with E-state index in [0.29, 0.717) is 18.7 Å². The molecule has 3 rings (SSSR count). The predicted molar refractivity (Wildman–Crippen MR) is 97.9 cm³/mol. The van der Waals surface area contributed by atoms with Crippen molar-refractivity contribution in [2.45, 2.75) is 19.3 Å². The molecule has 1 aliphatic carbocycles. The normalized spacial score (nSPS) is 24.2. The van der Waals surface area contributed by atoms with Gasteiger partial charge in [0.15, 0.2) is 5.41 Å². The van der Waals surface area contributed by atoms with Crippen molar-refractivity contribution in [1.29, 1.82) is 15.8 Å². The van der Waals surface area contributed by atoms with Gasteiger partial charge in [0.1, 0.15) is 11.9 Å². The van der Waals surface area contributed by atoms with Crippen molar-refractivity contribution in [2.75, 3.05) is 19.6 Å². The van der Waals surface area contributed by atoms with E-state index in [4.69, 9.17) is 5.73 Å². The van der Waals surface area contributed by atoms with Gasteiger partial charge in [-0.25, -0.2) is 4.39 Å². The second-order valence-electron chi connectivity index (χ2n) is 6.99. The molecule has 1 aromatic carbocycles. The molecule has 0 unspecified atom stereocenters. The van der Waals surface area contributed by atoms with E-state index in [0.717, 1.165) is 18.5 Å². The van der Waals surface area contributed by atoms with Crippen LogP contribution in [0.15, 0.2) is 47.2 Å². The van der Waals surface area contributed by atoms with E-state index in [1.807, 2.05) is 6.08 Å². The molecular weight excluding hydrogens is 341 g/mol. The van der Waals surface area contributed by atoms with Gasteiger partial charge in [-0.1, -0.05) is 25.1 Å². The zero-order valence-electron chi connectivity index (χ0n) is 15.1. The van der Waals surface area contributed by atoms with Crippen LogP contribution in [0.2, 0.25) is 0 Å². The molecule has 0 spiro atoms. The van der Waals surface area contributed by atoms with Crippen LogP contribution >= 0.6 is 0 Å². The van der Waals surface area contributed by atoms with Crippen molar-refractivity contribution in [3.05, 3.63) is 58.6 Å². The molecule has 1 aromatic rings. The van der Waals surface area contributed by atoms with Crippen LogP contribution in [0.3, 0.4) is 0 Å². The Kier molecular flexibility index (Phi) is 5.00. The van der Waals surface area contributed by atoms with Gasteiger partial charge in [0.2, 0.25) is 0 Å². The fourth-order valence-corrected chi connectivity index (χ4v) is 4.28. The summed E-state index contributed by atoms with van der Waals surface area (Å²) in [6.45, 7) is 4.28. The van der Waals surface area contributed by atoms with Crippen molar-refractivity contribution in [3.63, 3.8) is 0 Å². The smallest absolute Gasteiger partial charge is 0.191 e. The largest absolute Gasteiger partial charge is 0.399 e. The minimum Gasteiger partial charge on any atom is -0.399 e. The Hall–Kier alpha value is -3.14. The van der Waals surface area contributed by atoms with Gasteiger partial charge >= 0.3 is 0 Å². The first-order valence-electron chi connectivity index (χ1n) is 8.93. The van der Waals surface area contributed by atoms with Crippen LogP contribution in [0.1, 0.15) is 24.8 Å². The summed E-state index contributed by atoms with van der Waals surface area (Å²) in [5, 5.41) is 29.6. The number of nitrogens with two attached hydrogens (primary N) is 1. The Labute approximate surface area is 158 Å². The third-order valence-corrected chi connectivity index (χ3v) is 5.51. The molecule has 2 atom stereocenters. The van der Waals surface area contributed by atoms with E-state index < -0.39 is 11.3 Å². The lowest BCUT2D eigenvalue weighted by atomic mass is 9.58. The van der Waals surface area contributed by atoms with Crippen molar-refractivity contribution < 1.29 is 4.39 Å². The van der Waals surface area contributed by atoms with Gasteiger partial charge in [-0.15, -0.1) is 0 Å². The highest BCUT2D eigenvalue weighted by Crippen LogP contribution is 2.54. The first-order chi connectivity index (χ1) is 13.0. The molecule has 2 N–H and O–H groups in total. The lowest BCUT2D eigenvalue weighted by Crippen LogP contribution is -2.48. The molecule has 2 aliphatic rings. The Morgan fingerprint density at radius 3 is 2.44 bits per heavy atom. The van der Waals surface area contributed by atoms with E-state index in [-0.39, 0.29) is 23.0 Å². The monoisotopic (exact) mass is 361 g/mol. The SMILES string of the molecule is CCCN1CC=C2C(C#N)=C(N)C(C#N)(C#N)[C@H](c3ccc(F)cc3)[C@@H]2C1. The Bertz CT molecular complexity index is 909. The first-order valence-corrected chi connectivity index (χ1v) is 8.93. The van der Waals surface area contributed by atoms with E-state index in [1.165, 1.54) is 12.1 Å². The Morgan fingerprint density at radius 2 is 1.89 bits per heavy atom. The second-order valence-corrected chi connectivity index (χ2v) is 6.99. The van der Waals surface area contributed by atoms with Gasteiger partial charge in [-0.2, -0.15) is 15.8 Å². The maximum atomic E-state index is 13.5. The summed E-state index contributed by atoms with van der Waals surface area (Å²) in [6.07, 6.45) is 2.95. The molecule has 0 aromatic heterocycles. The number of rotatable bonds is 3. The van der Waals surface area contributed by atoms with Crippen molar-refractivity contribution >= 4 is 0 Å². The Morgan fingerprint density at radius 1 is 1.22 bits per heavy atom. The van der Waals surface area contributed by atoms with Crippen LogP contribution in [-0.4, -0.2) is 24.5 Å². The van der Waals surface area contributed by atoms with Crippen LogP contribution in [0, 0.1) is 51.1 Å². The summed E-state index contributed by atoms with van der Waals surface area (Å²) in [6, 6.07) is 12.1. The number of halogens is 1. The molecule has 6 heteroatoms. The summed E-state index contributed by atoms with van der Waals surface area (Å²) in [7, 11) is 0. The van der Waals surface area contributed by atoms with Crippen molar-refractivity contribution in [2.24, 2.45) is 17.1 Å². The zero-order chi connectivity index (χ0) is 19.6. The van der Waals surface area contributed by atoms with Gasteiger partial charge in [0, 0.05) is 24.9 Å². The molecule has 27 heavy (non-hydrogen) atoms. The molecule has 0 radical (unpaired) electrons. The fraction of sp³-hybridized carbons (Fsp3) is 0.381. The van der Waals surface area contributed by atoms with Crippen LogP contribution in [0.25, 0.3) is 0 Å². The Balaban J connectivity index is 2.25. The number of benzene rings is 1. The highest BCUT2D eigenvalue weighted by Gasteiger charge is 2.54. The summed E-state index contributed by atoms with van der Waals surface area (Å²) in [5.74, 6) is -1.20. The molecule has 5 nitrogen and oxygen atoms in total. The van der Waals surface area contributed by atoms with E-state index in [9.17, 15) is 20.2 Å². The second kappa shape index (κ2) is 7.23. The summed E-state index contributed by atoms with van der Waals surface area (Å²) >= 11 is 0. The molecule has 0 fully saturated rings. The van der Waals surface area contributed by atoms with Gasteiger partial charge in [0.05, 0.1) is 23.4 Å². The van der Waals surface area contributed by atoms with Crippen LogP contribution in [-0.2, 0) is 0 Å². The fourth-order valence-electron chi connectivity index (χ4n) is 4.28. The predicted octanol–water partition coefficient (Wildman–Crippen LogP) is 2.96. The van der Waals surface area contributed by atoms with Crippen LogP contribution in [0.4, 0.5) is 4.39 Å². The molecule has 136 valence electrons. The average molecular weight is 361 g/mol. The third-order valence-electron chi connectivity index (χ3n) is 5.51. The van der Waals surface area contributed by atoms with E-state index in [2.05, 4.69) is 30.0 Å². The van der Waals surface area contributed by atoms with E-state index >= 15 is 0 Å². The quantitative estimate of drug-likeness (QED) is 0.892. The number of hydrogen-bond acceptors (Lipinski definition) is 5. The van der Waals surface area contributed by atoms with Crippen LogP contribution < -0.4 is 5.73 Å². The lowest BCUT2D eigenvalue weighted by Gasteiger charge is -2.45. The summed E-state index contributed by atoms with van der Waals surface area (Å²) in [4.78, 5) is 2.24. The maximum absolute atomic E-state index is 13.5. The number of nitriles is 3. The summed E-state index contributed by atoms with van der Waals surface area (Å²) in [5.41, 5.74) is 6.26. The van der Waals surface area contributed by atoms with Gasteiger partial charge in [-0.3, -0.25) is 4.90 Å². The molecule has 0 saturated carbocycles. The standard InChI is InChI=1S/C21H20FN5/c1-2-8-27-9-7-16-17(10-23)20(26)21(12-24,13-25)19(18(16)11-27)14-3-5-15(22)6-4-14/h3-7,18-19H,2,8-9,11,26H2,1H3/t18-,19-/m1/s1. The highest BCUT2D eigenvalue weighted by molar-refractivity contribution is 5.59. The molecule has 0 amide bonds. The number of hydrogen-bond donors (Lipinski definition) is 1. The molecule has 1 aliphatic heterocycles. The number of allylic oxidation sites excluding steroid dienone is 2. The topological polar surface area (TPSA) is 101 Å². The molecule has 0 bridgehead atoms. The van der Waals surface area contributed by atoms with Gasteiger partial charge in [-0.05, 0) is 36.2 Å². The number of fused-ring (bicyclic) bond motifs is 1. The molecular formula is C21H20FN5. The first kappa shape index (κ1) is 18.6. The molecule has 1 heterocycles. The van der Waals surface area contributed by atoms with Crippen molar-refractivity contribution in [1.82, 2.24) is 4.90 Å². The van der Waals surface area contributed by atoms with Crippen molar-refractivity contribution in [3.8, 4) is 18.2 Å². The van der Waals surface area contributed by atoms with E-state index in [1.54, 1.807) is 12.1 Å². The number of nitrogens with zero attached hydrogens (tertiary/aromatic N) is 4. The van der Waals surface area contributed by atoms with Gasteiger partial charge < -0.3 is 5.73 Å². The third kappa shape index (κ3) is 2.87. The minimum absolute atomic E-state index is 0.00392. The van der Waals surface area contributed by atoms with Gasteiger partial charge in [0.25, 0.3) is 0 Å². The zero-order valence-corrected chi connectivity index (χ0v) is 15.1. The summed E-state index contributed by atoms with van der Waals surface area (Å²) < 4.78 is 13.5. The highest BCUT2D eigenvalue weighted by atomic mass is 19.1.